The number of carbonyl (C=O) groups excluding carboxylic acids is 1. The molecule has 3 aromatic rings. The van der Waals surface area contributed by atoms with Crippen LogP contribution < -0.4 is 26.2 Å². The van der Waals surface area contributed by atoms with Crippen molar-refractivity contribution < 1.29 is 9.53 Å². The summed E-state index contributed by atoms with van der Waals surface area (Å²) in [5, 5.41) is 3.52. The Morgan fingerprint density at radius 1 is 1.21 bits per heavy atom. The predicted octanol–water partition coefficient (Wildman–Crippen LogP) is 3.08. The van der Waals surface area contributed by atoms with Crippen molar-refractivity contribution in [1.29, 1.82) is 0 Å². The van der Waals surface area contributed by atoms with E-state index >= 15 is 0 Å². The van der Waals surface area contributed by atoms with Gasteiger partial charge in [-0.1, -0.05) is 18.3 Å². The first kappa shape index (κ1) is 23.0. The third kappa shape index (κ3) is 4.66. The van der Waals surface area contributed by atoms with Crippen LogP contribution in [0.1, 0.15) is 39.7 Å². The van der Waals surface area contributed by atoms with Crippen molar-refractivity contribution in [2.75, 3.05) is 30.4 Å². The zero-order valence-corrected chi connectivity index (χ0v) is 20.1. The second-order valence-electron chi connectivity index (χ2n) is 8.73. The zero-order chi connectivity index (χ0) is 23.7. The minimum atomic E-state index is -0.531. The highest BCUT2D eigenvalue weighted by Crippen LogP contribution is 2.29. The number of hydrogen-bond acceptors (Lipinski definition) is 7. The molecule has 0 unspecified atom stereocenters. The van der Waals surface area contributed by atoms with Crippen LogP contribution in [0.2, 0.25) is 0 Å². The van der Waals surface area contributed by atoms with Crippen molar-refractivity contribution >= 4 is 38.4 Å². The Morgan fingerprint density at radius 3 is 2.48 bits per heavy atom. The summed E-state index contributed by atoms with van der Waals surface area (Å²) in [5.74, 6) is 0.963. The molecule has 0 bridgehead atoms. The number of methoxy groups -OCH3 is 1. The van der Waals surface area contributed by atoms with Gasteiger partial charge in [-0.25, -0.2) is 9.78 Å². The average molecular weight is 472 g/mol. The standard InChI is InChI=1S/C23H29N5O4S/c1-14(2)28-21(30)19-20(25-22(33-19)26-11-9-15(3)10-12-26)27(23(28)31)13-18(29)24-16-5-7-17(32-4)8-6-16/h5-8,14-15H,9-13H2,1-4H3,(H,24,29). The first-order chi connectivity index (χ1) is 15.8. The molecule has 2 aromatic heterocycles. The molecule has 4 rings (SSSR count). The first-order valence-electron chi connectivity index (χ1n) is 11.1. The van der Waals surface area contributed by atoms with Gasteiger partial charge >= 0.3 is 5.69 Å². The molecule has 0 spiro atoms. The number of nitrogens with zero attached hydrogens (tertiary/aromatic N) is 4. The van der Waals surface area contributed by atoms with E-state index in [-0.39, 0.29) is 29.7 Å². The summed E-state index contributed by atoms with van der Waals surface area (Å²) < 4.78 is 8.04. The van der Waals surface area contributed by atoms with E-state index in [1.807, 2.05) is 0 Å². The van der Waals surface area contributed by atoms with Gasteiger partial charge in [-0.2, -0.15) is 0 Å². The molecule has 3 heterocycles. The number of anilines is 2. The number of carbonyl (C=O) groups is 1. The number of hydrogen-bond donors (Lipinski definition) is 1. The summed E-state index contributed by atoms with van der Waals surface area (Å²) in [6.07, 6.45) is 2.12. The molecular formula is C23H29N5O4S. The number of amides is 1. The monoisotopic (exact) mass is 471 g/mol. The normalized spacial score (nSPS) is 14.8. The molecule has 1 aliphatic heterocycles. The van der Waals surface area contributed by atoms with Crippen LogP contribution in [0.5, 0.6) is 5.75 Å². The van der Waals surface area contributed by atoms with Gasteiger partial charge in [0.1, 0.15) is 17.0 Å². The van der Waals surface area contributed by atoms with E-state index in [0.29, 0.717) is 22.1 Å². The Hall–Kier alpha value is -3.14. The molecule has 0 saturated carbocycles. The van der Waals surface area contributed by atoms with Crippen molar-refractivity contribution in [1.82, 2.24) is 14.1 Å². The van der Waals surface area contributed by atoms with E-state index in [2.05, 4.69) is 22.1 Å². The molecule has 10 heteroatoms. The lowest BCUT2D eigenvalue weighted by atomic mass is 10.00. The van der Waals surface area contributed by atoms with Gasteiger partial charge in [0, 0.05) is 24.8 Å². The highest BCUT2D eigenvalue weighted by Gasteiger charge is 2.24. The molecule has 176 valence electrons. The summed E-state index contributed by atoms with van der Waals surface area (Å²) in [7, 11) is 1.57. The van der Waals surface area contributed by atoms with Crippen LogP contribution in [0, 0.1) is 5.92 Å². The van der Waals surface area contributed by atoms with E-state index in [4.69, 9.17) is 4.74 Å². The van der Waals surface area contributed by atoms with Crippen LogP contribution in [0.3, 0.4) is 0 Å². The average Bonchev–Trinajstić information content (AvgIpc) is 3.23. The predicted molar refractivity (Wildman–Crippen MR) is 131 cm³/mol. The molecule has 0 atom stereocenters. The fourth-order valence-corrected chi connectivity index (χ4v) is 5.05. The fourth-order valence-electron chi connectivity index (χ4n) is 3.99. The van der Waals surface area contributed by atoms with Gasteiger partial charge in [0.2, 0.25) is 5.91 Å². The topological polar surface area (TPSA) is 98.5 Å². The van der Waals surface area contributed by atoms with Crippen molar-refractivity contribution in [3.05, 3.63) is 45.1 Å². The number of benzene rings is 1. The lowest BCUT2D eigenvalue weighted by Gasteiger charge is -2.29. The lowest BCUT2D eigenvalue weighted by molar-refractivity contribution is -0.116. The maximum atomic E-state index is 13.2. The molecule has 1 aromatic carbocycles. The van der Waals surface area contributed by atoms with E-state index in [1.54, 1.807) is 45.2 Å². The molecule has 1 saturated heterocycles. The van der Waals surface area contributed by atoms with Crippen molar-refractivity contribution in [3.8, 4) is 5.75 Å². The maximum Gasteiger partial charge on any atom is 0.333 e. The Morgan fingerprint density at radius 2 is 1.88 bits per heavy atom. The Balaban J connectivity index is 1.71. The van der Waals surface area contributed by atoms with Crippen LogP contribution in [-0.2, 0) is 11.3 Å². The molecule has 0 radical (unpaired) electrons. The summed E-state index contributed by atoms with van der Waals surface area (Å²) in [6, 6.07) is 6.59. The van der Waals surface area contributed by atoms with Gasteiger partial charge in [-0.15, -0.1) is 0 Å². The Bertz CT molecular complexity index is 1270. The Kier molecular flexibility index (Phi) is 6.55. The van der Waals surface area contributed by atoms with Crippen LogP contribution >= 0.6 is 11.3 Å². The molecule has 1 N–H and O–H groups in total. The smallest absolute Gasteiger partial charge is 0.333 e. The van der Waals surface area contributed by atoms with E-state index in [0.717, 1.165) is 31.1 Å². The van der Waals surface area contributed by atoms with Gasteiger partial charge in [-0.3, -0.25) is 18.7 Å². The van der Waals surface area contributed by atoms with Crippen molar-refractivity contribution in [3.63, 3.8) is 0 Å². The van der Waals surface area contributed by atoms with Gasteiger partial charge < -0.3 is 15.0 Å². The van der Waals surface area contributed by atoms with Gasteiger partial charge in [-0.05, 0) is 56.9 Å². The van der Waals surface area contributed by atoms with Crippen molar-refractivity contribution in [2.24, 2.45) is 5.92 Å². The lowest BCUT2D eigenvalue weighted by Crippen LogP contribution is -2.42. The van der Waals surface area contributed by atoms with E-state index in [9.17, 15) is 14.4 Å². The Labute approximate surface area is 195 Å². The molecular weight excluding hydrogens is 442 g/mol. The third-order valence-corrected chi connectivity index (χ3v) is 7.04. The number of fused-ring (bicyclic) bond motifs is 1. The molecule has 33 heavy (non-hydrogen) atoms. The molecule has 1 fully saturated rings. The number of thiazole rings is 1. The number of nitrogens with one attached hydrogen (secondary N) is 1. The SMILES string of the molecule is COc1ccc(NC(=O)Cn2c(=O)n(C(C)C)c(=O)c3sc(N4CCC(C)CC4)nc32)cc1. The van der Waals surface area contributed by atoms with Crippen LogP contribution in [0.15, 0.2) is 33.9 Å². The number of piperidine rings is 1. The zero-order valence-electron chi connectivity index (χ0n) is 19.3. The molecule has 1 amide bonds. The molecule has 9 nitrogen and oxygen atoms in total. The highest BCUT2D eigenvalue weighted by molar-refractivity contribution is 7.22. The van der Waals surface area contributed by atoms with Gasteiger partial charge in [0.25, 0.3) is 5.56 Å². The van der Waals surface area contributed by atoms with Crippen LogP contribution in [-0.4, -0.2) is 40.2 Å². The van der Waals surface area contributed by atoms with E-state index in [1.165, 1.54) is 20.5 Å². The minimum absolute atomic E-state index is 0.241. The largest absolute Gasteiger partial charge is 0.497 e. The summed E-state index contributed by atoms with van der Waals surface area (Å²) in [4.78, 5) is 46.0. The number of rotatable bonds is 6. The molecule has 1 aliphatic rings. The number of ether oxygens (including phenoxy) is 1. The van der Waals surface area contributed by atoms with Crippen LogP contribution in [0.25, 0.3) is 10.3 Å². The first-order valence-corrected chi connectivity index (χ1v) is 11.9. The quantitative estimate of drug-likeness (QED) is 0.593. The van der Waals surface area contributed by atoms with Gasteiger partial charge in [0.05, 0.1) is 7.11 Å². The second-order valence-corrected chi connectivity index (χ2v) is 9.71. The third-order valence-electron chi connectivity index (χ3n) is 5.95. The molecule has 0 aliphatic carbocycles. The van der Waals surface area contributed by atoms with E-state index < -0.39 is 5.69 Å². The highest BCUT2D eigenvalue weighted by atomic mass is 32.1. The second kappa shape index (κ2) is 9.38. The number of aromatic nitrogens is 3. The van der Waals surface area contributed by atoms with Crippen molar-refractivity contribution in [2.45, 2.75) is 46.2 Å². The fraction of sp³-hybridized carbons (Fsp3) is 0.478. The summed E-state index contributed by atoms with van der Waals surface area (Å²) >= 11 is 1.30. The summed E-state index contributed by atoms with van der Waals surface area (Å²) in [6.45, 7) is 7.28. The summed E-state index contributed by atoms with van der Waals surface area (Å²) in [5.41, 5.74) is -0.0310. The maximum absolute atomic E-state index is 13.2. The van der Waals surface area contributed by atoms with Gasteiger partial charge in [0.15, 0.2) is 10.8 Å². The van der Waals surface area contributed by atoms with Crippen LogP contribution in [0.4, 0.5) is 10.8 Å². The minimum Gasteiger partial charge on any atom is -0.497 e.